The Labute approximate surface area is 182 Å². The number of ether oxygens (including phenoxy) is 2. The first kappa shape index (κ1) is 23.9. The zero-order valence-corrected chi connectivity index (χ0v) is 18.3. The second-order valence-electron chi connectivity index (χ2n) is 7.16. The summed E-state index contributed by atoms with van der Waals surface area (Å²) in [5.41, 5.74) is 1.47. The summed E-state index contributed by atoms with van der Waals surface area (Å²) in [4.78, 5) is 25.1. The Morgan fingerprint density at radius 1 is 1.23 bits per heavy atom. The molecule has 0 heterocycles. The van der Waals surface area contributed by atoms with Gasteiger partial charge in [0.1, 0.15) is 5.75 Å². The van der Waals surface area contributed by atoms with Crippen LogP contribution in [0.3, 0.4) is 0 Å². The summed E-state index contributed by atoms with van der Waals surface area (Å²) >= 11 is 0. The molecule has 0 radical (unpaired) electrons. The van der Waals surface area contributed by atoms with E-state index in [1.54, 1.807) is 25.3 Å². The average Bonchev–Trinajstić information content (AvgIpc) is 2.76. The molecule has 1 unspecified atom stereocenters. The normalized spacial score (nSPS) is 12.0. The summed E-state index contributed by atoms with van der Waals surface area (Å²) in [6.45, 7) is 2.74. The second-order valence-corrected chi connectivity index (χ2v) is 7.16. The van der Waals surface area contributed by atoms with Crippen molar-refractivity contribution in [1.29, 1.82) is 0 Å². The first-order chi connectivity index (χ1) is 14.8. The largest absolute Gasteiger partial charge is 0.497 e. The van der Waals surface area contributed by atoms with Gasteiger partial charge in [0.25, 0.3) is 0 Å². The van der Waals surface area contributed by atoms with Crippen LogP contribution >= 0.6 is 0 Å². The molecule has 0 bridgehead atoms. The molecule has 1 amide bonds. The quantitative estimate of drug-likeness (QED) is 0.333. The van der Waals surface area contributed by atoms with Crippen LogP contribution in [0.1, 0.15) is 30.5 Å². The molecule has 2 aromatic rings. The van der Waals surface area contributed by atoms with Crippen LogP contribution in [0.15, 0.2) is 48.5 Å². The Bertz CT molecular complexity index is 910. The van der Waals surface area contributed by atoms with Crippen molar-refractivity contribution < 1.29 is 19.2 Å². The van der Waals surface area contributed by atoms with Crippen molar-refractivity contribution >= 4 is 17.7 Å². The predicted octanol–water partition coefficient (Wildman–Crippen LogP) is 3.82. The van der Waals surface area contributed by atoms with Gasteiger partial charge >= 0.3 is 5.69 Å². The second kappa shape index (κ2) is 11.7. The van der Waals surface area contributed by atoms with Crippen LogP contribution in [0.25, 0.3) is 6.08 Å². The van der Waals surface area contributed by atoms with Gasteiger partial charge in [-0.2, -0.15) is 0 Å². The highest BCUT2D eigenvalue weighted by molar-refractivity contribution is 5.91. The van der Waals surface area contributed by atoms with Gasteiger partial charge in [-0.05, 0) is 55.9 Å². The topological polar surface area (TPSA) is 93.9 Å². The van der Waals surface area contributed by atoms with Crippen molar-refractivity contribution in [3.05, 3.63) is 69.8 Å². The van der Waals surface area contributed by atoms with Crippen molar-refractivity contribution in [2.75, 3.05) is 34.4 Å². The lowest BCUT2D eigenvalue weighted by Crippen LogP contribution is -2.33. The van der Waals surface area contributed by atoms with Crippen LogP contribution in [0.4, 0.5) is 5.69 Å². The van der Waals surface area contributed by atoms with Gasteiger partial charge in [-0.1, -0.05) is 25.1 Å². The zero-order chi connectivity index (χ0) is 22.8. The van der Waals surface area contributed by atoms with Crippen molar-refractivity contribution in [2.24, 2.45) is 0 Å². The number of nitrogens with zero attached hydrogens (tertiary/aromatic N) is 2. The third-order valence-corrected chi connectivity index (χ3v) is 4.66. The molecule has 0 fully saturated rings. The fourth-order valence-electron chi connectivity index (χ4n) is 2.97. The predicted molar refractivity (Wildman–Crippen MR) is 120 cm³/mol. The van der Waals surface area contributed by atoms with Crippen molar-refractivity contribution in [3.63, 3.8) is 0 Å². The number of carbonyl (C=O) groups is 1. The number of hydrogen-bond donors (Lipinski definition) is 1. The van der Waals surface area contributed by atoms with E-state index >= 15 is 0 Å². The molecule has 0 aliphatic heterocycles. The van der Waals surface area contributed by atoms with Gasteiger partial charge < -0.3 is 19.7 Å². The molecule has 0 aliphatic rings. The molecule has 31 heavy (non-hydrogen) atoms. The van der Waals surface area contributed by atoms with Crippen LogP contribution < -0.4 is 14.8 Å². The van der Waals surface area contributed by atoms with Gasteiger partial charge in [-0.25, -0.2) is 0 Å². The van der Waals surface area contributed by atoms with E-state index in [-0.39, 0.29) is 23.4 Å². The number of rotatable bonds is 11. The van der Waals surface area contributed by atoms with E-state index < -0.39 is 4.92 Å². The molecule has 1 N–H and O–H groups in total. The highest BCUT2D eigenvalue weighted by Crippen LogP contribution is 2.28. The number of methoxy groups -OCH3 is 1. The minimum atomic E-state index is -0.487. The lowest BCUT2D eigenvalue weighted by molar-refractivity contribution is -0.385. The molecule has 2 aromatic carbocycles. The fraction of sp³-hybridized carbons (Fsp3) is 0.348. The maximum atomic E-state index is 12.3. The van der Waals surface area contributed by atoms with E-state index in [0.29, 0.717) is 18.7 Å². The molecule has 0 aromatic heterocycles. The number of amides is 1. The van der Waals surface area contributed by atoms with Gasteiger partial charge in [0.05, 0.1) is 24.7 Å². The summed E-state index contributed by atoms with van der Waals surface area (Å²) in [5, 5.41) is 14.2. The maximum Gasteiger partial charge on any atom is 0.311 e. The maximum absolute atomic E-state index is 12.3. The van der Waals surface area contributed by atoms with Crippen molar-refractivity contribution in [2.45, 2.75) is 19.4 Å². The average molecular weight is 428 g/mol. The minimum absolute atomic E-state index is 0.0145. The Balaban J connectivity index is 2.03. The third-order valence-electron chi connectivity index (χ3n) is 4.66. The van der Waals surface area contributed by atoms with E-state index in [4.69, 9.17) is 9.47 Å². The van der Waals surface area contributed by atoms with Gasteiger partial charge in [0.15, 0.2) is 5.75 Å². The SMILES string of the molecule is CCCOc1ccc(/C=C/C(=O)NCC(c2ccc(OC)cc2)N(C)C)cc1[N+](=O)[O-]. The summed E-state index contributed by atoms with van der Waals surface area (Å²) in [5.74, 6) is 0.713. The molecule has 0 saturated carbocycles. The van der Waals surface area contributed by atoms with Gasteiger partial charge in [0, 0.05) is 18.7 Å². The van der Waals surface area contributed by atoms with Gasteiger partial charge in [-0.15, -0.1) is 0 Å². The molecule has 0 aliphatic carbocycles. The molecule has 1 atom stereocenters. The standard InChI is InChI=1S/C23H29N3O5/c1-5-14-31-22-12-6-17(15-20(22)26(28)29)7-13-23(27)24-16-21(25(2)3)18-8-10-19(30-4)11-9-18/h6-13,15,21H,5,14,16H2,1-4H3,(H,24,27)/b13-7+. The summed E-state index contributed by atoms with van der Waals surface area (Å²) in [6, 6.07) is 12.3. The number of carbonyl (C=O) groups excluding carboxylic acids is 1. The highest BCUT2D eigenvalue weighted by atomic mass is 16.6. The number of nitrogens with one attached hydrogen (secondary N) is 1. The number of hydrogen-bond acceptors (Lipinski definition) is 6. The van der Waals surface area contributed by atoms with Gasteiger partial charge in [0.2, 0.25) is 5.91 Å². The van der Waals surface area contributed by atoms with E-state index in [0.717, 1.165) is 17.7 Å². The summed E-state index contributed by atoms with van der Waals surface area (Å²) < 4.78 is 10.6. The first-order valence-electron chi connectivity index (χ1n) is 10.0. The Kier molecular flexibility index (Phi) is 9.02. The molecular weight excluding hydrogens is 398 g/mol. The van der Waals surface area contributed by atoms with Crippen LogP contribution in [-0.2, 0) is 4.79 Å². The van der Waals surface area contributed by atoms with Crippen LogP contribution in [0, 0.1) is 10.1 Å². The molecule has 166 valence electrons. The summed E-state index contributed by atoms with van der Waals surface area (Å²) in [7, 11) is 5.50. The van der Waals surface area contributed by atoms with E-state index in [2.05, 4.69) is 5.32 Å². The fourth-order valence-corrected chi connectivity index (χ4v) is 2.97. The Hall–Kier alpha value is -3.39. The van der Waals surface area contributed by atoms with Gasteiger partial charge in [-0.3, -0.25) is 14.9 Å². The van der Waals surface area contributed by atoms with E-state index in [1.807, 2.05) is 50.2 Å². The lowest BCUT2D eigenvalue weighted by atomic mass is 10.1. The first-order valence-corrected chi connectivity index (χ1v) is 10.0. The highest BCUT2D eigenvalue weighted by Gasteiger charge is 2.16. The lowest BCUT2D eigenvalue weighted by Gasteiger charge is -2.25. The smallest absolute Gasteiger partial charge is 0.311 e. The summed E-state index contributed by atoms with van der Waals surface area (Å²) in [6.07, 6.45) is 3.67. The van der Waals surface area contributed by atoms with E-state index in [1.165, 1.54) is 12.1 Å². The van der Waals surface area contributed by atoms with Crippen LogP contribution in [0.5, 0.6) is 11.5 Å². The Morgan fingerprint density at radius 2 is 1.94 bits per heavy atom. The zero-order valence-electron chi connectivity index (χ0n) is 18.3. The number of benzene rings is 2. The van der Waals surface area contributed by atoms with E-state index in [9.17, 15) is 14.9 Å². The molecule has 8 heteroatoms. The number of nitro benzene ring substituents is 1. The number of nitro groups is 1. The molecule has 8 nitrogen and oxygen atoms in total. The molecule has 0 saturated heterocycles. The molecule has 2 rings (SSSR count). The monoisotopic (exact) mass is 427 g/mol. The van der Waals surface area contributed by atoms with Crippen molar-refractivity contribution in [1.82, 2.24) is 10.2 Å². The Morgan fingerprint density at radius 3 is 2.52 bits per heavy atom. The van der Waals surface area contributed by atoms with Crippen molar-refractivity contribution in [3.8, 4) is 11.5 Å². The minimum Gasteiger partial charge on any atom is -0.497 e. The molecular formula is C23H29N3O5. The van der Waals surface area contributed by atoms with Crippen LogP contribution in [0.2, 0.25) is 0 Å². The van der Waals surface area contributed by atoms with Crippen LogP contribution in [-0.4, -0.2) is 50.1 Å². The third kappa shape index (κ3) is 7.11. The molecule has 0 spiro atoms. The number of likely N-dealkylation sites (N-methyl/N-ethyl adjacent to an activating group) is 1.